The number of nitrogens with zero attached hydrogens (tertiary/aromatic N) is 1. The van der Waals surface area contributed by atoms with Crippen molar-refractivity contribution in [1.82, 2.24) is 4.98 Å². The van der Waals surface area contributed by atoms with E-state index in [-0.39, 0.29) is 16.6 Å². The second kappa shape index (κ2) is 4.15. The molecular weight excluding hydrogens is 201 g/mol. The Bertz CT molecular complexity index is 375. The van der Waals surface area contributed by atoms with Crippen molar-refractivity contribution < 1.29 is 4.39 Å². The van der Waals surface area contributed by atoms with E-state index in [1.165, 1.54) is 0 Å². The molecule has 0 aliphatic heterocycles. The zero-order valence-electron chi connectivity index (χ0n) is 11.2. The number of hydrogen-bond donors (Lipinski definition) is 0. The predicted molar refractivity (Wildman–Crippen MR) is 66.2 cm³/mol. The van der Waals surface area contributed by atoms with Crippen LogP contribution in [0.15, 0.2) is 12.1 Å². The van der Waals surface area contributed by atoms with Crippen molar-refractivity contribution in [2.45, 2.75) is 58.8 Å². The maximum atomic E-state index is 13.8. The van der Waals surface area contributed by atoms with E-state index in [2.05, 4.69) is 32.7 Å². The van der Waals surface area contributed by atoms with Gasteiger partial charge in [0.05, 0.1) is 5.69 Å². The average Bonchev–Trinajstić information content (AvgIpc) is 2.16. The van der Waals surface area contributed by atoms with Gasteiger partial charge >= 0.3 is 0 Å². The molecule has 1 nitrogen and oxygen atoms in total. The summed E-state index contributed by atoms with van der Waals surface area (Å²) in [7, 11) is 0. The highest BCUT2D eigenvalue weighted by Crippen LogP contribution is 2.30. The summed E-state index contributed by atoms with van der Waals surface area (Å²) < 4.78 is 13.8. The fraction of sp³-hybridized carbons (Fsp3) is 0.643. The third-order valence-electron chi connectivity index (χ3n) is 3.14. The Morgan fingerprint density at radius 2 is 1.69 bits per heavy atom. The number of pyridine rings is 1. The number of aromatic nitrogens is 1. The van der Waals surface area contributed by atoms with Crippen LogP contribution in [-0.2, 0) is 10.8 Å². The van der Waals surface area contributed by atoms with Crippen LogP contribution in [0.2, 0.25) is 0 Å². The van der Waals surface area contributed by atoms with Gasteiger partial charge in [0, 0.05) is 16.5 Å². The molecule has 0 atom stereocenters. The van der Waals surface area contributed by atoms with Crippen LogP contribution in [0.3, 0.4) is 0 Å². The molecule has 16 heavy (non-hydrogen) atoms. The van der Waals surface area contributed by atoms with Crippen LogP contribution >= 0.6 is 0 Å². The molecule has 0 N–H and O–H groups in total. The molecule has 0 aliphatic carbocycles. The molecule has 1 aromatic rings. The van der Waals surface area contributed by atoms with E-state index >= 15 is 0 Å². The average molecular weight is 223 g/mol. The third-order valence-corrected chi connectivity index (χ3v) is 3.14. The lowest BCUT2D eigenvalue weighted by atomic mass is 9.84. The molecule has 1 aromatic heterocycles. The van der Waals surface area contributed by atoms with Crippen molar-refractivity contribution in [3.8, 4) is 0 Å². The van der Waals surface area contributed by atoms with Crippen molar-refractivity contribution in [2.24, 2.45) is 0 Å². The molecule has 0 unspecified atom stereocenters. The number of rotatable bonds is 2. The first-order chi connectivity index (χ1) is 7.18. The van der Waals surface area contributed by atoms with Crippen molar-refractivity contribution in [3.05, 3.63) is 29.3 Å². The monoisotopic (exact) mass is 223 g/mol. The summed E-state index contributed by atoms with van der Waals surface area (Å²) in [5, 5.41) is 0. The summed E-state index contributed by atoms with van der Waals surface area (Å²) in [6, 6.07) is 3.32. The summed E-state index contributed by atoms with van der Waals surface area (Å²) in [5.74, 6) is -0.195. The van der Waals surface area contributed by atoms with Crippen LogP contribution < -0.4 is 0 Å². The second-order valence-electron chi connectivity index (χ2n) is 6.01. The maximum Gasteiger partial charge on any atom is 0.145 e. The third kappa shape index (κ3) is 2.60. The van der Waals surface area contributed by atoms with E-state index < -0.39 is 0 Å². The minimum absolute atomic E-state index is 0.0354. The predicted octanol–water partition coefficient (Wildman–Crippen LogP) is 4.21. The molecule has 0 radical (unpaired) electrons. The maximum absolute atomic E-state index is 13.8. The first kappa shape index (κ1) is 13.1. The van der Waals surface area contributed by atoms with Crippen LogP contribution in [0, 0.1) is 5.82 Å². The standard InChI is InChI=1S/C14H22FN/c1-7-14(5,6)12-10(15)8-9-11(16-12)13(2,3)4/h8-9H,7H2,1-6H3. The zero-order valence-corrected chi connectivity index (χ0v) is 11.2. The van der Waals surface area contributed by atoms with Crippen LogP contribution in [0.25, 0.3) is 0 Å². The van der Waals surface area contributed by atoms with E-state index in [1.54, 1.807) is 12.1 Å². The fourth-order valence-electron chi connectivity index (χ4n) is 1.50. The van der Waals surface area contributed by atoms with Crippen molar-refractivity contribution in [1.29, 1.82) is 0 Å². The first-order valence-electron chi connectivity index (χ1n) is 5.86. The highest BCUT2D eigenvalue weighted by atomic mass is 19.1. The molecule has 1 heterocycles. The Hall–Kier alpha value is -0.920. The van der Waals surface area contributed by atoms with Crippen LogP contribution in [0.5, 0.6) is 0 Å². The Labute approximate surface area is 98.1 Å². The van der Waals surface area contributed by atoms with E-state index in [1.807, 2.05) is 13.8 Å². The second-order valence-corrected chi connectivity index (χ2v) is 6.01. The van der Waals surface area contributed by atoms with Gasteiger partial charge in [0.25, 0.3) is 0 Å². The Kier molecular flexibility index (Phi) is 3.41. The molecule has 0 amide bonds. The highest BCUT2D eigenvalue weighted by molar-refractivity contribution is 5.23. The minimum atomic E-state index is -0.203. The van der Waals surface area contributed by atoms with Crippen molar-refractivity contribution in [3.63, 3.8) is 0 Å². The highest BCUT2D eigenvalue weighted by Gasteiger charge is 2.26. The molecule has 1 rings (SSSR count). The van der Waals surface area contributed by atoms with Gasteiger partial charge in [-0.3, -0.25) is 4.98 Å². The summed E-state index contributed by atoms with van der Waals surface area (Å²) in [4.78, 5) is 4.51. The molecule has 2 heteroatoms. The molecule has 0 saturated heterocycles. The van der Waals surface area contributed by atoms with E-state index in [0.29, 0.717) is 5.69 Å². The smallest absolute Gasteiger partial charge is 0.145 e. The van der Waals surface area contributed by atoms with Gasteiger partial charge in [-0.25, -0.2) is 4.39 Å². The Morgan fingerprint density at radius 3 is 2.12 bits per heavy atom. The van der Waals surface area contributed by atoms with Gasteiger partial charge in [-0.15, -0.1) is 0 Å². The molecule has 0 fully saturated rings. The largest absolute Gasteiger partial charge is 0.254 e. The Morgan fingerprint density at radius 1 is 1.12 bits per heavy atom. The summed E-state index contributed by atoms with van der Waals surface area (Å²) >= 11 is 0. The molecule has 0 saturated carbocycles. The van der Waals surface area contributed by atoms with Gasteiger partial charge in [-0.1, -0.05) is 41.5 Å². The van der Waals surface area contributed by atoms with Gasteiger partial charge in [-0.05, 0) is 18.6 Å². The molecule has 90 valence electrons. The van der Waals surface area contributed by atoms with Crippen molar-refractivity contribution in [2.75, 3.05) is 0 Å². The summed E-state index contributed by atoms with van der Waals surface area (Å²) in [6.07, 6.45) is 0.879. The molecule has 0 aliphatic rings. The van der Waals surface area contributed by atoms with E-state index in [4.69, 9.17) is 0 Å². The van der Waals surface area contributed by atoms with E-state index in [0.717, 1.165) is 12.1 Å². The van der Waals surface area contributed by atoms with Crippen molar-refractivity contribution >= 4 is 0 Å². The lowest BCUT2D eigenvalue weighted by Gasteiger charge is -2.26. The minimum Gasteiger partial charge on any atom is -0.254 e. The topological polar surface area (TPSA) is 12.9 Å². The zero-order chi connectivity index (χ0) is 12.6. The summed E-state index contributed by atoms with van der Waals surface area (Å²) in [6.45, 7) is 12.4. The number of hydrogen-bond acceptors (Lipinski definition) is 1. The van der Waals surface area contributed by atoms with Gasteiger partial charge in [0.1, 0.15) is 5.82 Å². The number of halogens is 1. The normalized spacial score (nSPS) is 12.9. The fourth-order valence-corrected chi connectivity index (χ4v) is 1.50. The molecular formula is C14H22FN. The van der Waals surface area contributed by atoms with Crippen LogP contribution in [0.4, 0.5) is 4.39 Å². The molecule has 0 aromatic carbocycles. The van der Waals surface area contributed by atoms with Crippen LogP contribution in [-0.4, -0.2) is 4.98 Å². The van der Waals surface area contributed by atoms with Gasteiger partial charge < -0.3 is 0 Å². The van der Waals surface area contributed by atoms with Gasteiger partial charge in [-0.2, -0.15) is 0 Å². The van der Waals surface area contributed by atoms with E-state index in [9.17, 15) is 4.39 Å². The van der Waals surface area contributed by atoms with Crippen LogP contribution in [0.1, 0.15) is 59.4 Å². The summed E-state index contributed by atoms with van der Waals surface area (Å²) in [5.41, 5.74) is 1.30. The Balaban J connectivity index is 3.30. The van der Waals surface area contributed by atoms with Gasteiger partial charge in [0.2, 0.25) is 0 Å². The molecule has 0 bridgehead atoms. The first-order valence-corrected chi connectivity index (χ1v) is 5.86. The SMILES string of the molecule is CCC(C)(C)c1nc(C(C)(C)C)ccc1F. The quantitative estimate of drug-likeness (QED) is 0.732. The molecule has 0 spiro atoms. The lowest BCUT2D eigenvalue weighted by molar-refractivity contribution is 0.442. The van der Waals surface area contributed by atoms with Gasteiger partial charge in [0.15, 0.2) is 0 Å². The lowest BCUT2D eigenvalue weighted by Crippen LogP contribution is -2.23.